The van der Waals surface area contributed by atoms with Crippen molar-refractivity contribution in [2.45, 2.75) is 25.3 Å². The monoisotopic (exact) mass is 374 g/mol. The first kappa shape index (κ1) is 16.1. The molecule has 0 saturated carbocycles. The smallest absolute Gasteiger partial charge is 0.293 e. The summed E-state index contributed by atoms with van der Waals surface area (Å²) in [7, 11) is 0. The SMILES string of the molecule is Cl.NCC1CCCCN1C(=O)c1nc2ncc(Br)cn2n1. The van der Waals surface area contributed by atoms with Gasteiger partial charge in [0.25, 0.3) is 11.7 Å². The Bertz CT molecular complexity index is 648. The van der Waals surface area contributed by atoms with E-state index in [-0.39, 0.29) is 30.2 Å². The number of carbonyl (C=O) groups is 1. The molecule has 1 aliphatic rings. The van der Waals surface area contributed by atoms with Gasteiger partial charge in [0.2, 0.25) is 5.82 Å². The lowest BCUT2D eigenvalue weighted by Crippen LogP contribution is -2.47. The molecule has 0 spiro atoms. The second-order valence-electron chi connectivity index (χ2n) is 4.84. The normalized spacial score (nSPS) is 18.6. The van der Waals surface area contributed by atoms with Gasteiger partial charge >= 0.3 is 0 Å². The molecular weight excluding hydrogens is 360 g/mol. The Morgan fingerprint density at radius 2 is 2.29 bits per heavy atom. The number of amides is 1. The van der Waals surface area contributed by atoms with E-state index in [2.05, 4.69) is 31.0 Å². The molecule has 1 saturated heterocycles. The number of rotatable bonds is 2. The van der Waals surface area contributed by atoms with Crippen molar-refractivity contribution < 1.29 is 4.79 Å². The van der Waals surface area contributed by atoms with Crippen molar-refractivity contribution in [3.8, 4) is 0 Å². The van der Waals surface area contributed by atoms with Crippen molar-refractivity contribution in [3.63, 3.8) is 0 Å². The maximum atomic E-state index is 12.5. The second-order valence-corrected chi connectivity index (χ2v) is 5.75. The number of nitrogens with two attached hydrogens (primary N) is 1. The molecule has 2 aromatic heterocycles. The van der Waals surface area contributed by atoms with E-state index in [4.69, 9.17) is 5.73 Å². The van der Waals surface area contributed by atoms with Crippen molar-refractivity contribution >= 4 is 40.0 Å². The number of fused-ring (bicyclic) bond motifs is 1. The lowest BCUT2D eigenvalue weighted by Gasteiger charge is -2.34. The van der Waals surface area contributed by atoms with Crippen LogP contribution in [0.25, 0.3) is 5.78 Å². The summed E-state index contributed by atoms with van der Waals surface area (Å²) in [6.45, 7) is 1.19. The van der Waals surface area contributed by atoms with Gasteiger partial charge in [-0.3, -0.25) is 4.79 Å². The molecule has 9 heteroatoms. The minimum atomic E-state index is -0.165. The molecule has 0 bridgehead atoms. The first-order valence-electron chi connectivity index (χ1n) is 6.58. The summed E-state index contributed by atoms with van der Waals surface area (Å²) >= 11 is 3.31. The summed E-state index contributed by atoms with van der Waals surface area (Å²) < 4.78 is 2.28. The van der Waals surface area contributed by atoms with Crippen LogP contribution < -0.4 is 5.73 Å². The number of likely N-dealkylation sites (tertiary alicyclic amines) is 1. The fraction of sp³-hybridized carbons (Fsp3) is 0.500. The van der Waals surface area contributed by atoms with Crippen molar-refractivity contribution in [1.82, 2.24) is 24.5 Å². The van der Waals surface area contributed by atoms with Gasteiger partial charge in [-0.2, -0.15) is 4.98 Å². The van der Waals surface area contributed by atoms with Gasteiger partial charge in [0.15, 0.2) is 0 Å². The molecule has 1 amide bonds. The van der Waals surface area contributed by atoms with Crippen LogP contribution in [0.4, 0.5) is 0 Å². The molecule has 0 aliphatic carbocycles. The van der Waals surface area contributed by atoms with Crippen LogP contribution in [-0.2, 0) is 0 Å². The number of carbonyl (C=O) groups excluding carboxylic acids is 1. The Morgan fingerprint density at radius 3 is 3.05 bits per heavy atom. The molecule has 1 aliphatic heterocycles. The van der Waals surface area contributed by atoms with Crippen LogP contribution in [0.1, 0.15) is 29.9 Å². The van der Waals surface area contributed by atoms with Crippen LogP contribution in [0.5, 0.6) is 0 Å². The third-order valence-electron chi connectivity index (χ3n) is 3.51. The summed E-state index contributed by atoms with van der Waals surface area (Å²) in [4.78, 5) is 22.6. The summed E-state index contributed by atoms with van der Waals surface area (Å²) in [5.74, 6) is 0.426. The molecule has 1 fully saturated rings. The van der Waals surface area contributed by atoms with E-state index >= 15 is 0 Å². The highest BCUT2D eigenvalue weighted by atomic mass is 79.9. The van der Waals surface area contributed by atoms with Crippen LogP contribution in [-0.4, -0.2) is 49.5 Å². The number of hydrogen-bond donors (Lipinski definition) is 1. The molecule has 1 atom stereocenters. The Hall–Kier alpha value is -1.25. The lowest BCUT2D eigenvalue weighted by atomic mass is 10.0. The average molecular weight is 376 g/mol. The van der Waals surface area contributed by atoms with Crippen molar-refractivity contribution in [2.24, 2.45) is 5.73 Å². The number of aromatic nitrogens is 4. The standard InChI is InChI=1S/C12H15BrN6O.ClH/c13-8-6-15-12-16-10(17-19(12)7-8)11(20)18-4-2-1-3-9(18)5-14;/h6-7,9H,1-5,14H2;1H. The molecule has 2 N–H and O–H groups in total. The molecule has 2 aromatic rings. The van der Waals surface area contributed by atoms with Gasteiger partial charge in [-0.15, -0.1) is 17.5 Å². The Labute approximate surface area is 136 Å². The molecule has 114 valence electrons. The molecule has 21 heavy (non-hydrogen) atoms. The maximum absolute atomic E-state index is 12.5. The zero-order valence-electron chi connectivity index (χ0n) is 11.3. The van der Waals surface area contributed by atoms with Crippen molar-refractivity contribution in [3.05, 3.63) is 22.7 Å². The van der Waals surface area contributed by atoms with Crippen LogP contribution >= 0.6 is 28.3 Å². The highest BCUT2D eigenvalue weighted by molar-refractivity contribution is 9.10. The largest absolute Gasteiger partial charge is 0.332 e. The Morgan fingerprint density at radius 1 is 1.48 bits per heavy atom. The minimum absolute atomic E-state index is 0. The minimum Gasteiger partial charge on any atom is -0.332 e. The number of halogens is 2. The molecule has 1 unspecified atom stereocenters. The first-order chi connectivity index (χ1) is 9.69. The maximum Gasteiger partial charge on any atom is 0.293 e. The Kier molecular flexibility index (Phi) is 5.13. The summed E-state index contributed by atoms with van der Waals surface area (Å²) in [6.07, 6.45) is 6.40. The second kappa shape index (κ2) is 6.67. The quantitative estimate of drug-likeness (QED) is 0.853. The van der Waals surface area contributed by atoms with Gasteiger partial charge in [0.1, 0.15) is 0 Å². The molecule has 3 rings (SSSR count). The van der Waals surface area contributed by atoms with E-state index in [1.807, 2.05) is 0 Å². The van der Waals surface area contributed by atoms with Gasteiger partial charge in [-0.25, -0.2) is 9.50 Å². The summed E-state index contributed by atoms with van der Waals surface area (Å²) in [5, 5.41) is 4.20. The van der Waals surface area contributed by atoms with Crippen LogP contribution in [0, 0.1) is 0 Å². The third kappa shape index (κ3) is 3.17. The molecule has 3 heterocycles. The summed E-state index contributed by atoms with van der Waals surface area (Å²) in [6, 6.07) is 0.0857. The van der Waals surface area contributed by atoms with E-state index in [0.717, 1.165) is 23.7 Å². The highest BCUT2D eigenvalue weighted by Crippen LogP contribution is 2.18. The highest BCUT2D eigenvalue weighted by Gasteiger charge is 2.29. The zero-order chi connectivity index (χ0) is 14.1. The lowest BCUT2D eigenvalue weighted by molar-refractivity contribution is 0.0611. The number of hydrogen-bond acceptors (Lipinski definition) is 5. The average Bonchev–Trinajstić information content (AvgIpc) is 2.89. The van der Waals surface area contributed by atoms with Crippen LogP contribution in [0.3, 0.4) is 0 Å². The topological polar surface area (TPSA) is 89.4 Å². The van der Waals surface area contributed by atoms with E-state index in [9.17, 15) is 4.79 Å². The number of nitrogens with zero attached hydrogens (tertiary/aromatic N) is 5. The third-order valence-corrected chi connectivity index (χ3v) is 3.92. The molecular formula is C12H16BrClN6O. The summed E-state index contributed by atoms with van der Waals surface area (Å²) in [5.41, 5.74) is 5.75. The Balaban J connectivity index is 0.00000161. The van der Waals surface area contributed by atoms with Gasteiger partial charge in [0, 0.05) is 31.5 Å². The van der Waals surface area contributed by atoms with E-state index < -0.39 is 0 Å². The molecule has 0 radical (unpaired) electrons. The number of piperidine rings is 1. The predicted octanol–water partition coefficient (Wildman–Crippen LogP) is 1.26. The van der Waals surface area contributed by atoms with Crippen molar-refractivity contribution in [2.75, 3.05) is 13.1 Å². The van der Waals surface area contributed by atoms with Crippen LogP contribution in [0.2, 0.25) is 0 Å². The first-order valence-corrected chi connectivity index (χ1v) is 7.37. The van der Waals surface area contributed by atoms with Gasteiger partial charge in [0.05, 0.1) is 4.47 Å². The molecule has 7 nitrogen and oxygen atoms in total. The molecule has 0 aromatic carbocycles. The fourth-order valence-corrected chi connectivity index (χ4v) is 2.79. The van der Waals surface area contributed by atoms with Gasteiger partial charge in [-0.05, 0) is 35.2 Å². The van der Waals surface area contributed by atoms with E-state index in [1.165, 1.54) is 4.52 Å². The predicted molar refractivity (Wildman–Crippen MR) is 83.5 cm³/mol. The van der Waals surface area contributed by atoms with Crippen molar-refractivity contribution in [1.29, 1.82) is 0 Å². The zero-order valence-corrected chi connectivity index (χ0v) is 13.7. The van der Waals surface area contributed by atoms with E-state index in [1.54, 1.807) is 17.3 Å². The fourth-order valence-electron chi connectivity index (χ4n) is 2.49. The van der Waals surface area contributed by atoms with Crippen LogP contribution in [0.15, 0.2) is 16.9 Å². The van der Waals surface area contributed by atoms with Gasteiger partial charge < -0.3 is 10.6 Å². The van der Waals surface area contributed by atoms with E-state index in [0.29, 0.717) is 18.9 Å². The van der Waals surface area contributed by atoms with Gasteiger partial charge in [-0.1, -0.05) is 0 Å².